The van der Waals surface area contributed by atoms with Crippen LogP contribution in [0.25, 0.3) is 5.69 Å². The van der Waals surface area contributed by atoms with E-state index >= 15 is 0 Å². The number of nitrogens with zero attached hydrogens (tertiary/aromatic N) is 3. The lowest BCUT2D eigenvalue weighted by Crippen LogP contribution is -3.05. The molecule has 1 heterocycles. The van der Waals surface area contributed by atoms with Gasteiger partial charge >= 0.3 is 6.03 Å². The van der Waals surface area contributed by atoms with E-state index in [4.69, 9.17) is 11.6 Å². The van der Waals surface area contributed by atoms with Crippen LogP contribution in [0.4, 0.5) is 4.79 Å². The normalized spacial score (nSPS) is 15.6. The van der Waals surface area contributed by atoms with Crippen LogP contribution < -0.4 is 15.5 Å². The number of urea groups is 1. The first-order valence-corrected chi connectivity index (χ1v) is 12.0. The number of hydrogen-bond acceptors (Lipinski definition) is 5. The summed E-state index contributed by atoms with van der Waals surface area (Å²) in [5, 5.41) is 15.2. The van der Waals surface area contributed by atoms with Gasteiger partial charge in [-0.05, 0) is 44.0 Å². The maximum Gasteiger partial charge on any atom is 0.321 e. The van der Waals surface area contributed by atoms with Crippen LogP contribution in [-0.4, -0.2) is 52.6 Å². The highest BCUT2D eigenvalue weighted by molar-refractivity contribution is 7.99. The fourth-order valence-corrected chi connectivity index (χ4v) is 4.39. The van der Waals surface area contributed by atoms with Crippen molar-refractivity contribution in [3.63, 3.8) is 0 Å². The van der Waals surface area contributed by atoms with E-state index in [1.807, 2.05) is 28.8 Å². The van der Waals surface area contributed by atoms with Gasteiger partial charge in [0.05, 0.1) is 19.8 Å². The molecule has 0 saturated heterocycles. The van der Waals surface area contributed by atoms with Crippen molar-refractivity contribution in [3.8, 4) is 5.69 Å². The van der Waals surface area contributed by atoms with Gasteiger partial charge < -0.3 is 10.2 Å². The lowest BCUT2D eigenvalue weighted by atomic mass is 9.96. The molecule has 0 bridgehead atoms. The molecule has 3 rings (SSSR count). The van der Waals surface area contributed by atoms with Gasteiger partial charge in [0, 0.05) is 16.8 Å². The SMILES string of the molecule is C[C@H](c1nnc(SCC(=O)NC(=O)NC2CCCCC2)n1-c1ccc(Cl)cc1)[NH+](C)C. The Labute approximate surface area is 192 Å². The minimum absolute atomic E-state index is 0.0625. The van der Waals surface area contributed by atoms with Crippen molar-refractivity contribution in [1.29, 1.82) is 0 Å². The first kappa shape index (κ1) is 23.6. The van der Waals surface area contributed by atoms with Crippen molar-refractivity contribution in [2.24, 2.45) is 0 Å². The van der Waals surface area contributed by atoms with Gasteiger partial charge in [-0.15, -0.1) is 10.2 Å². The van der Waals surface area contributed by atoms with E-state index in [-0.39, 0.29) is 23.7 Å². The molecule has 0 aliphatic heterocycles. The summed E-state index contributed by atoms with van der Waals surface area (Å²) in [5.74, 6) is 0.490. The summed E-state index contributed by atoms with van der Waals surface area (Å²) in [6, 6.07) is 7.23. The monoisotopic (exact) mass is 465 g/mol. The standard InChI is InChI=1S/C21H29ClN6O2S/c1-14(27(2)3)19-25-26-21(28(19)17-11-9-15(22)10-12-17)31-13-18(29)24-20(30)23-16-7-5-4-6-8-16/h9-12,14,16H,4-8,13H2,1-3H3,(H2,23,24,29,30)/p+1/t14-/m1/s1. The number of imide groups is 1. The molecule has 8 nitrogen and oxygen atoms in total. The molecule has 10 heteroatoms. The highest BCUT2D eigenvalue weighted by Crippen LogP contribution is 2.25. The molecule has 0 spiro atoms. The fourth-order valence-electron chi connectivity index (χ4n) is 3.51. The highest BCUT2D eigenvalue weighted by Gasteiger charge is 2.24. The van der Waals surface area contributed by atoms with Crippen molar-refractivity contribution in [2.45, 2.75) is 56.3 Å². The van der Waals surface area contributed by atoms with Gasteiger partial charge in [0.1, 0.15) is 6.04 Å². The van der Waals surface area contributed by atoms with Crippen LogP contribution in [0.3, 0.4) is 0 Å². The first-order valence-electron chi connectivity index (χ1n) is 10.6. The van der Waals surface area contributed by atoms with Crippen LogP contribution >= 0.6 is 23.4 Å². The van der Waals surface area contributed by atoms with Crippen LogP contribution in [0.15, 0.2) is 29.4 Å². The van der Waals surface area contributed by atoms with E-state index in [2.05, 4.69) is 41.9 Å². The zero-order valence-electron chi connectivity index (χ0n) is 18.2. The molecule has 1 fully saturated rings. The summed E-state index contributed by atoms with van der Waals surface area (Å²) in [5.41, 5.74) is 0.871. The smallest absolute Gasteiger partial charge is 0.321 e. The Balaban J connectivity index is 1.67. The first-order chi connectivity index (χ1) is 14.8. The number of carbonyl (C=O) groups is 2. The number of thioether (sulfide) groups is 1. The molecule has 1 atom stereocenters. The minimum atomic E-state index is -0.429. The number of halogens is 1. The molecule has 1 aliphatic rings. The average Bonchev–Trinajstić information content (AvgIpc) is 3.16. The molecule has 3 amide bonds. The molecule has 31 heavy (non-hydrogen) atoms. The number of nitrogens with one attached hydrogen (secondary N) is 3. The van der Waals surface area contributed by atoms with E-state index < -0.39 is 6.03 Å². The van der Waals surface area contributed by atoms with E-state index in [9.17, 15) is 9.59 Å². The van der Waals surface area contributed by atoms with Gasteiger partial charge in [0.2, 0.25) is 5.91 Å². The largest absolute Gasteiger partial charge is 0.335 e. The van der Waals surface area contributed by atoms with Gasteiger partial charge in [0.25, 0.3) is 0 Å². The van der Waals surface area contributed by atoms with Crippen LogP contribution in [0.5, 0.6) is 0 Å². The third-order valence-electron chi connectivity index (χ3n) is 5.52. The Hall–Kier alpha value is -2.10. The van der Waals surface area contributed by atoms with Crippen LogP contribution in [0.2, 0.25) is 5.02 Å². The molecule has 1 aromatic heterocycles. The number of carbonyl (C=O) groups excluding carboxylic acids is 2. The van der Waals surface area contributed by atoms with Crippen molar-refractivity contribution in [2.75, 3.05) is 19.8 Å². The lowest BCUT2D eigenvalue weighted by Gasteiger charge is -2.22. The molecular weight excluding hydrogens is 436 g/mol. The van der Waals surface area contributed by atoms with Gasteiger partial charge in [-0.1, -0.05) is 42.6 Å². The summed E-state index contributed by atoms with van der Waals surface area (Å²) in [4.78, 5) is 25.7. The van der Waals surface area contributed by atoms with E-state index in [0.29, 0.717) is 10.2 Å². The van der Waals surface area contributed by atoms with E-state index in [0.717, 1.165) is 37.2 Å². The minimum Gasteiger partial charge on any atom is -0.335 e. The maximum absolute atomic E-state index is 12.3. The van der Waals surface area contributed by atoms with Gasteiger partial charge in [0.15, 0.2) is 11.0 Å². The Morgan fingerprint density at radius 2 is 1.87 bits per heavy atom. The third-order valence-corrected chi connectivity index (χ3v) is 6.70. The summed E-state index contributed by atoms with van der Waals surface area (Å²) < 4.78 is 1.94. The summed E-state index contributed by atoms with van der Waals surface area (Å²) in [6.45, 7) is 2.07. The Morgan fingerprint density at radius 3 is 2.52 bits per heavy atom. The number of benzene rings is 1. The second-order valence-corrected chi connectivity index (χ2v) is 9.48. The van der Waals surface area contributed by atoms with E-state index in [1.165, 1.54) is 23.1 Å². The predicted molar refractivity (Wildman–Crippen MR) is 122 cm³/mol. The van der Waals surface area contributed by atoms with Crippen LogP contribution in [-0.2, 0) is 4.79 Å². The number of quaternary nitrogens is 1. The zero-order valence-corrected chi connectivity index (χ0v) is 19.7. The predicted octanol–water partition coefficient (Wildman–Crippen LogP) is 2.38. The summed E-state index contributed by atoms with van der Waals surface area (Å²) in [7, 11) is 4.10. The van der Waals surface area contributed by atoms with Crippen molar-refractivity contribution >= 4 is 35.3 Å². The Morgan fingerprint density at radius 1 is 1.19 bits per heavy atom. The van der Waals surface area contributed by atoms with Gasteiger partial charge in [-0.3, -0.25) is 14.7 Å². The number of hydrogen-bond donors (Lipinski definition) is 3. The number of aromatic nitrogens is 3. The Bertz CT molecular complexity index is 896. The Kier molecular flexibility index (Phi) is 8.34. The average molecular weight is 466 g/mol. The van der Waals surface area contributed by atoms with Crippen molar-refractivity contribution < 1.29 is 14.5 Å². The summed E-state index contributed by atoms with van der Waals surface area (Å²) >= 11 is 7.29. The van der Waals surface area contributed by atoms with Gasteiger partial charge in [-0.2, -0.15) is 0 Å². The molecule has 1 aliphatic carbocycles. The second-order valence-electron chi connectivity index (χ2n) is 8.10. The molecule has 168 valence electrons. The highest BCUT2D eigenvalue weighted by atomic mass is 35.5. The molecular formula is C21H30ClN6O2S+. The number of amides is 3. The van der Waals surface area contributed by atoms with E-state index in [1.54, 1.807) is 0 Å². The van der Waals surface area contributed by atoms with Crippen LogP contribution in [0.1, 0.15) is 50.9 Å². The zero-order chi connectivity index (χ0) is 22.4. The molecule has 1 aromatic carbocycles. The van der Waals surface area contributed by atoms with Crippen molar-refractivity contribution in [3.05, 3.63) is 35.1 Å². The topological polar surface area (TPSA) is 93.3 Å². The molecule has 1 saturated carbocycles. The van der Waals surface area contributed by atoms with Crippen molar-refractivity contribution in [1.82, 2.24) is 25.4 Å². The van der Waals surface area contributed by atoms with Gasteiger partial charge in [-0.25, -0.2) is 4.79 Å². The van der Waals surface area contributed by atoms with Crippen LogP contribution in [0, 0.1) is 0 Å². The quantitative estimate of drug-likeness (QED) is 0.546. The lowest BCUT2D eigenvalue weighted by molar-refractivity contribution is -0.890. The molecule has 0 radical (unpaired) electrons. The molecule has 0 unspecified atom stereocenters. The fraction of sp³-hybridized carbons (Fsp3) is 0.524. The molecule has 2 aromatic rings. The maximum atomic E-state index is 12.3. The number of rotatable bonds is 7. The second kappa shape index (κ2) is 11.0. The molecule has 3 N–H and O–H groups in total. The third kappa shape index (κ3) is 6.44. The summed E-state index contributed by atoms with van der Waals surface area (Å²) in [6.07, 6.45) is 5.37.